The van der Waals surface area contributed by atoms with E-state index in [1.807, 2.05) is 42.5 Å². The summed E-state index contributed by atoms with van der Waals surface area (Å²) in [6.45, 7) is 3.44. The zero-order valence-corrected chi connectivity index (χ0v) is 13.6. The van der Waals surface area contributed by atoms with Crippen LogP contribution in [0.15, 0.2) is 47.4 Å². The molecule has 0 saturated carbocycles. The third kappa shape index (κ3) is 4.10. The van der Waals surface area contributed by atoms with Gasteiger partial charge in [0, 0.05) is 0 Å². The second-order valence-electron chi connectivity index (χ2n) is 5.42. The van der Waals surface area contributed by atoms with Gasteiger partial charge in [-0.1, -0.05) is 42.5 Å². The molecule has 2 saturated heterocycles. The summed E-state index contributed by atoms with van der Waals surface area (Å²) in [4.78, 5) is 27.5. The molecule has 0 unspecified atom stereocenters. The number of carbonyl (C=O) groups excluding carboxylic acids is 2. The van der Waals surface area contributed by atoms with Crippen LogP contribution in [-0.4, -0.2) is 49.0 Å². The van der Waals surface area contributed by atoms with Crippen molar-refractivity contribution in [1.82, 2.24) is 4.90 Å². The molecule has 0 atom stereocenters. The van der Waals surface area contributed by atoms with Crippen LogP contribution in [0.5, 0.6) is 0 Å². The Hall–Kier alpha value is -1.89. The van der Waals surface area contributed by atoms with E-state index in [1.54, 1.807) is 6.08 Å². The smallest absolute Gasteiger partial charge is 0.298 e. The maximum atomic E-state index is 12.4. The summed E-state index contributed by atoms with van der Waals surface area (Å²) in [5, 5.41) is -0.187. The first-order valence-electron chi connectivity index (χ1n) is 7.62. The van der Waals surface area contributed by atoms with Gasteiger partial charge in [-0.3, -0.25) is 9.59 Å². The van der Waals surface area contributed by atoms with Gasteiger partial charge in [-0.25, -0.2) is 4.90 Å². The van der Waals surface area contributed by atoms with Crippen molar-refractivity contribution in [1.29, 1.82) is 0 Å². The van der Waals surface area contributed by atoms with Gasteiger partial charge in [0.25, 0.3) is 11.1 Å². The molecule has 23 heavy (non-hydrogen) atoms. The van der Waals surface area contributed by atoms with Crippen LogP contribution >= 0.6 is 11.8 Å². The first-order chi connectivity index (χ1) is 11.2. The number of imide groups is 1. The minimum absolute atomic E-state index is 0.187. The van der Waals surface area contributed by atoms with E-state index < -0.39 is 0 Å². The van der Waals surface area contributed by atoms with Crippen molar-refractivity contribution in [3.05, 3.63) is 53.0 Å². The lowest BCUT2D eigenvalue weighted by atomic mass is 10.2. The number of ether oxygens (including phenoxy) is 1. The molecule has 3 rings (SSSR count). The van der Waals surface area contributed by atoms with E-state index in [9.17, 15) is 9.59 Å². The Morgan fingerprint density at radius 3 is 2.65 bits per heavy atom. The average molecular weight is 331 g/mol. The van der Waals surface area contributed by atoms with Crippen LogP contribution in [0.3, 0.4) is 0 Å². The average Bonchev–Trinajstić information content (AvgIpc) is 2.85. The van der Waals surface area contributed by atoms with Gasteiger partial charge in [0.05, 0.1) is 18.1 Å². The molecule has 5 nitrogen and oxygen atoms in total. The maximum absolute atomic E-state index is 12.4. The number of nitrogens with one attached hydrogen (secondary N) is 1. The molecule has 2 amide bonds. The molecule has 1 aromatic carbocycles. The fourth-order valence-corrected chi connectivity index (χ4v) is 3.29. The van der Waals surface area contributed by atoms with Gasteiger partial charge in [0.15, 0.2) is 6.67 Å². The van der Waals surface area contributed by atoms with Crippen molar-refractivity contribution in [3.63, 3.8) is 0 Å². The lowest BCUT2D eigenvalue weighted by Gasteiger charge is -2.26. The van der Waals surface area contributed by atoms with E-state index in [0.29, 0.717) is 24.8 Å². The van der Waals surface area contributed by atoms with E-state index >= 15 is 0 Å². The normalized spacial score (nSPS) is 21.7. The van der Waals surface area contributed by atoms with Crippen molar-refractivity contribution in [2.24, 2.45) is 0 Å². The third-order valence-corrected chi connectivity index (χ3v) is 4.72. The predicted octanol–water partition coefficient (Wildman–Crippen LogP) is 1.15. The highest BCUT2D eigenvalue weighted by atomic mass is 32.2. The highest BCUT2D eigenvalue weighted by Gasteiger charge is 2.37. The fourth-order valence-electron chi connectivity index (χ4n) is 2.50. The molecule has 2 heterocycles. The number of morpholine rings is 1. The van der Waals surface area contributed by atoms with E-state index in [1.165, 1.54) is 9.80 Å². The Kier molecular flexibility index (Phi) is 5.27. The summed E-state index contributed by atoms with van der Waals surface area (Å²) in [7, 11) is 0. The number of nitrogens with zero attached hydrogens (tertiary/aromatic N) is 1. The van der Waals surface area contributed by atoms with Crippen LogP contribution in [0.25, 0.3) is 6.08 Å². The molecule has 2 aliphatic heterocycles. The standard InChI is InChI=1S/C17H18N2O3S/c20-16-15(8-4-7-14-5-2-1-3-6-14)23-17(21)19(16)13-18-9-11-22-12-10-18/h1-8H,9-13H2/p+1/b7-4+,15-8+. The fraction of sp³-hybridized carbons (Fsp3) is 0.294. The Bertz CT molecular complexity index is 636. The second kappa shape index (κ2) is 7.59. The summed E-state index contributed by atoms with van der Waals surface area (Å²) >= 11 is 1.01. The Balaban J connectivity index is 1.63. The molecule has 0 aliphatic carbocycles. The van der Waals surface area contributed by atoms with Gasteiger partial charge in [-0.2, -0.15) is 0 Å². The first kappa shape index (κ1) is 16.0. The molecule has 0 aromatic heterocycles. The van der Waals surface area contributed by atoms with Gasteiger partial charge >= 0.3 is 0 Å². The topological polar surface area (TPSA) is 51.0 Å². The quantitative estimate of drug-likeness (QED) is 0.841. The summed E-state index contributed by atoms with van der Waals surface area (Å²) in [6, 6.07) is 9.84. The van der Waals surface area contributed by atoms with E-state index in [2.05, 4.69) is 0 Å². The molecule has 6 heteroatoms. The molecule has 0 radical (unpaired) electrons. The van der Waals surface area contributed by atoms with Crippen LogP contribution in [0, 0.1) is 0 Å². The van der Waals surface area contributed by atoms with Gasteiger partial charge in [0.2, 0.25) is 0 Å². The lowest BCUT2D eigenvalue weighted by molar-refractivity contribution is -0.915. The molecule has 2 aliphatic rings. The second-order valence-corrected chi connectivity index (χ2v) is 6.42. The van der Waals surface area contributed by atoms with Gasteiger partial charge in [-0.05, 0) is 23.4 Å². The van der Waals surface area contributed by atoms with Crippen molar-refractivity contribution < 1.29 is 19.2 Å². The summed E-state index contributed by atoms with van der Waals surface area (Å²) < 4.78 is 5.30. The van der Waals surface area contributed by atoms with Crippen LogP contribution in [0.4, 0.5) is 4.79 Å². The molecule has 1 aromatic rings. The predicted molar refractivity (Wildman–Crippen MR) is 89.8 cm³/mol. The van der Waals surface area contributed by atoms with E-state index in [0.717, 1.165) is 30.4 Å². The Morgan fingerprint density at radius 1 is 1.17 bits per heavy atom. The molecular formula is C17H19N2O3S+. The third-order valence-electron chi connectivity index (χ3n) is 3.79. The van der Waals surface area contributed by atoms with E-state index in [-0.39, 0.29) is 11.1 Å². The van der Waals surface area contributed by atoms with Crippen molar-refractivity contribution >= 4 is 29.0 Å². The van der Waals surface area contributed by atoms with E-state index in [4.69, 9.17) is 4.74 Å². The molecule has 0 spiro atoms. The number of thioether (sulfide) groups is 1. The number of rotatable bonds is 4. The van der Waals surface area contributed by atoms with Crippen molar-refractivity contribution in [2.75, 3.05) is 33.0 Å². The minimum atomic E-state index is -0.197. The SMILES string of the molecule is O=C1S/C(=C/C=C/c2ccccc2)C(=O)N1C[NH+]1CCOCC1. The van der Waals surface area contributed by atoms with Crippen molar-refractivity contribution in [3.8, 4) is 0 Å². The monoisotopic (exact) mass is 331 g/mol. The number of allylic oxidation sites excluding steroid dienone is 2. The van der Waals surface area contributed by atoms with Gasteiger partial charge < -0.3 is 9.64 Å². The van der Waals surface area contributed by atoms with Crippen molar-refractivity contribution in [2.45, 2.75) is 0 Å². The van der Waals surface area contributed by atoms with Crippen LogP contribution < -0.4 is 4.90 Å². The Labute approximate surface area is 139 Å². The first-order valence-corrected chi connectivity index (χ1v) is 8.44. The summed E-state index contributed by atoms with van der Waals surface area (Å²) in [5.41, 5.74) is 1.06. The molecule has 1 N–H and O–H groups in total. The van der Waals surface area contributed by atoms with Crippen LogP contribution in [0.1, 0.15) is 5.56 Å². The highest BCUT2D eigenvalue weighted by molar-refractivity contribution is 8.18. The zero-order chi connectivity index (χ0) is 16.1. The summed E-state index contributed by atoms with van der Waals surface area (Å²) in [5.74, 6) is -0.197. The highest BCUT2D eigenvalue weighted by Crippen LogP contribution is 2.29. The number of hydrogen-bond acceptors (Lipinski definition) is 4. The zero-order valence-electron chi connectivity index (χ0n) is 12.7. The largest absolute Gasteiger partial charge is 0.370 e. The lowest BCUT2D eigenvalue weighted by Crippen LogP contribution is -3.15. The number of benzene rings is 1. The number of quaternary nitrogens is 1. The number of carbonyl (C=O) groups is 2. The van der Waals surface area contributed by atoms with Crippen LogP contribution in [-0.2, 0) is 9.53 Å². The van der Waals surface area contributed by atoms with Crippen LogP contribution in [0.2, 0.25) is 0 Å². The maximum Gasteiger partial charge on any atom is 0.298 e. The number of amides is 2. The molecular weight excluding hydrogens is 312 g/mol. The molecule has 2 fully saturated rings. The molecule has 0 bridgehead atoms. The Morgan fingerprint density at radius 2 is 1.91 bits per heavy atom. The van der Waals surface area contributed by atoms with Gasteiger partial charge in [-0.15, -0.1) is 0 Å². The number of hydrogen-bond donors (Lipinski definition) is 1. The molecule has 120 valence electrons. The minimum Gasteiger partial charge on any atom is -0.370 e. The summed E-state index contributed by atoms with van der Waals surface area (Å²) in [6.07, 6.45) is 5.45. The van der Waals surface area contributed by atoms with Gasteiger partial charge in [0.1, 0.15) is 13.1 Å².